The van der Waals surface area contributed by atoms with Crippen LogP contribution in [0.4, 0.5) is 0 Å². The molecule has 0 rings (SSSR count). The molecule has 0 N–H and O–H groups in total. The Hall–Kier alpha value is 4.53. The standard InChI is InChI=1S/Ca.3ClH.K.Mg.2H/h;3*1H;;;;/q+2;;;;+1;+2;2*-1/p-3. The number of hydrogen-bond acceptors (Lipinski definition) is 0. The number of halogens is 3. The van der Waals surface area contributed by atoms with Crippen LogP contribution in [-0.4, -0.2) is 60.8 Å². The summed E-state index contributed by atoms with van der Waals surface area (Å²) in [5.74, 6) is 0. The molecule has 0 aliphatic carbocycles. The Morgan fingerprint density at radius 2 is 0.833 bits per heavy atom. The molecular weight excluding hydrogens is 210 g/mol. The fourth-order valence-electron chi connectivity index (χ4n) is 0. The van der Waals surface area contributed by atoms with E-state index in [-0.39, 0.29) is 152 Å². The molecule has 0 saturated carbocycles. The van der Waals surface area contributed by atoms with Crippen LogP contribution in [0.3, 0.4) is 0 Å². The summed E-state index contributed by atoms with van der Waals surface area (Å²) in [4.78, 5) is 0. The van der Waals surface area contributed by atoms with Crippen LogP contribution in [-0.2, 0) is 0 Å². The number of rotatable bonds is 0. The van der Waals surface area contributed by atoms with Gasteiger partial charge in [-0.15, -0.1) is 0 Å². The van der Waals surface area contributed by atoms with Crippen LogP contribution < -0.4 is 88.6 Å². The summed E-state index contributed by atoms with van der Waals surface area (Å²) in [6, 6.07) is 0. The molecule has 0 aliphatic heterocycles. The Morgan fingerprint density at radius 1 is 0.833 bits per heavy atom. The van der Waals surface area contributed by atoms with Crippen LogP contribution >= 0.6 is 0 Å². The van der Waals surface area contributed by atoms with Crippen LogP contribution in [0, 0.1) is 0 Å². The van der Waals surface area contributed by atoms with Crippen molar-refractivity contribution in [3.05, 3.63) is 0 Å². The second-order valence-corrected chi connectivity index (χ2v) is 0. The van der Waals surface area contributed by atoms with Crippen molar-refractivity contribution < 1.29 is 91.5 Å². The zero-order chi connectivity index (χ0) is 0. The summed E-state index contributed by atoms with van der Waals surface area (Å²) in [7, 11) is 0. The fourth-order valence-corrected chi connectivity index (χ4v) is 0. The maximum Gasteiger partial charge on any atom is 2.00 e. The van der Waals surface area contributed by atoms with Gasteiger partial charge in [0, 0.05) is 0 Å². The van der Waals surface area contributed by atoms with Gasteiger partial charge in [-0.1, -0.05) is 0 Å². The molecule has 0 atom stereocenters. The second kappa shape index (κ2) is 33.8. The van der Waals surface area contributed by atoms with Gasteiger partial charge >= 0.3 is 112 Å². The average molecular weight is 212 g/mol. The summed E-state index contributed by atoms with van der Waals surface area (Å²) in [6.45, 7) is 0. The van der Waals surface area contributed by atoms with E-state index in [1.54, 1.807) is 0 Å². The molecule has 0 aromatic heterocycles. The van der Waals surface area contributed by atoms with Crippen LogP contribution in [0.2, 0.25) is 0 Å². The van der Waals surface area contributed by atoms with Crippen molar-refractivity contribution in [2.24, 2.45) is 0 Å². The van der Waals surface area contributed by atoms with E-state index in [4.69, 9.17) is 0 Å². The molecule has 0 aliphatic rings. The molecule has 0 unspecified atom stereocenters. The van der Waals surface area contributed by atoms with Gasteiger partial charge in [-0.25, -0.2) is 0 Å². The first-order chi connectivity index (χ1) is 0. The topological polar surface area (TPSA) is 0 Å². The third-order valence-electron chi connectivity index (χ3n) is 0. The van der Waals surface area contributed by atoms with Gasteiger partial charge in [0.2, 0.25) is 0 Å². The average Bonchev–Trinajstić information content (AvgIpc) is 0. The van der Waals surface area contributed by atoms with Crippen molar-refractivity contribution in [3.63, 3.8) is 0 Å². The van der Waals surface area contributed by atoms with E-state index in [9.17, 15) is 0 Å². The van der Waals surface area contributed by atoms with E-state index in [1.165, 1.54) is 0 Å². The first kappa shape index (κ1) is 46.6. The third-order valence-corrected chi connectivity index (χ3v) is 0. The second-order valence-electron chi connectivity index (χ2n) is 0. The van der Waals surface area contributed by atoms with E-state index in [1.807, 2.05) is 0 Å². The Bertz CT molecular complexity index is 17.2. The Balaban J connectivity index is 0. The van der Waals surface area contributed by atoms with E-state index >= 15 is 0 Å². The minimum absolute atomic E-state index is 0. The van der Waals surface area contributed by atoms with Gasteiger partial charge in [-0.2, -0.15) is 0 Å². The molecule has 0 spiro atoms. The Kier molecular flexibility index (Phi) is 262. The Morgan fingerprint density at radius 3 is 0.833 bits per heavy atom. The molecule has 0 heterocycles. The number of hydrogen-bond donors (Lipinski definition) is 0. The van der Waals surface area contributed by atoms with Gasteiger partial charge in [0.25, 0.3) is 0 Å². The molecule has 0 amide bonds. The quantitative estimate of drug-likeness (QED) is 0.350. The Labute approximate surface area is 148 Å². The molecular formula is H2CaCl3KMg. The molecule has 0 aromatic carbocycles. The molecule has 0 fully saturated rings. The summed E-state index contributed by atoms with van der Waals surface area (Å²) in [6.07, 6.45) is 0. The van der Waals surface area contributed by atoms with Crippen LogP contribution in [0.15, 0.2) is 0 Å². The molecule has 0 aromatic rings. The fraction of sp³-hybridized carbons (Fsp3) is 0. The summed E-state index contributed by atoms with van der Waals surface area (Å²) in [5, 5.41) is 0. The molecule has 28 valence electrons. The monoisotopic (exact) mass is 210 g/mol. The van der Waals surface area contributed by atoms with Crippen molar-refractivity contribution in [2.75, 3.05) is 0 Å². The van der Waals surface area contributed by atoms with Crippen LogP contribution in [0.5, 0.6) is 0 Å². The van der Waals surface area contributed by atoms with Crippen molar-refractivity contribution >= 4 is 60.8 Å². The van der Waals surface area contributed by atoms with E-state index in [2.05, 4.69) is 0 Å². The molecule has 6 heteroatoms. The predicted molar refractivity (Wildman–Crippen MR) is 13.7 cm³/mol. The van der Waals surface area contributed by atoms with E-state index in [0.29, 0.717) is 0 Å². The van der Waals surface area contributed by atoms with Crippen molar-refractivity contribution in [1.82, 2.24) is 0 Å². The summed E-state index contributed by atoms with van der Waals surface area (Å²) >= 11 is 0. The molecule has 0 radical (unpaired) electrons. The molecule has 0 bridgehead atoms. The van der Waals surface area contributed by atoms with Gasteiger partial charge in [0.05, 0.1) is 0 Å². The van der Waals surface area contributed by atoms with Crippen LogP contribution in [0.1, 0.15) is 2.85 Å². The zero-order valence-corrected chi connectivity index (χ0v) is 12.6. The van der Waals surface area contributed by atoms with Gasteiger partial charge in [-0.05, 0) is 0 Å². The van der Waals surface area contributed by atoms with Crippen molar-refractivity contribution in [3.8, 4) is 0 Å². The molecule has 6 heavy (non-hydrogen) atoms. The smallest absolute Gasteiger partial charge is 1.00 e. The largest absolute Gasteiger partial charge is 2.00 e. The van der Waals surface area contributed by atoms with Gasteiger partial charge in [0.15, 0.2) is 0 Å². The van der Waals surface area contributed by atoms with Gasteiger partial charge in [0.1, 0.15) is 0 Å². The van der Waals surface area contributed by atoms with Crippen molar-refractivity contribution in [2.45, 2.75) is 0 Å². The minimum Gasteiger partial charge on any atom is -1.00 e. The third kappa shape index (κ3) is 23.6. The first-order valence-electron chi connectivity index (χ1n) is 0. The maximum absolute atomic E-state index is 0. The first-order valence-corrected chi connectivity index (χ1v) is 0. The van der Waals surface area contributed by atoms with E-state index in [0.717, 1.165) is 0 Å². The minimum atomic E-state index is 0. The zero-order valence-electron chi connectivity index (χ0n) is 5.55. The van der Waals surface area contributed by atoms with Crippen molar-refractivity contribution in [1.29, 1.82) is 0 Å². The normalized spacial score (nSPS) is 0. The summed E-state index contributed by atoms with van der Waals surface area (Å²) in [5.41, 5.74) is 0. The van der Waals surface area contributed by atoms with Crippen LogP contribution in [0.25, 0.3) is 0 Å². The van der Waals surface area contributed by atoms with Gasteiger partial charge in [-0.3, -0.25) is 0 Å². The SMILES string of the molecule is [Ca+2].[Cl-].[Cl-].[Cl-].[H-].[H-].[K+].[Mg+2]. The van der Waals surface area contributed by atoms with Gasteiger partial charge < -0.3 is 40.1 Å². The van der Waals surface area contributed by atoms with E-state index < -0.39 is 0 Å². The molecule has 0 nitrogen and oxygen atoms in total. The summed E-state index contributed by atoms with van der Waals surface area (Å²) < 4.78 is 0. The molecule has 0 saturated heterocycles. The predicted octanol–water partition coefficient (Wildman–Crippen LogP) is -12.5. The maximum atomic E-state index is 0.